The Bertz CT molecular complexity index is 216. The first kappa shape index (κ1) is 10.0. The van der Waals surface area contributed by atoms with Crippen LogP contribution < -0.4 is 0 Å². The van der Waals surface area contributed by atoms with Crippen LogP contribution in [0.1, 0.15) is 32.1 Å². The first-order valence-electron chi connectivity index (χ1n) is 5.04. The monoisotopic (exact) mass is 173 g/mol. The molecule has 0 saturated carbocycles. The van der Waals surface area contributed by atoms with Crippen LogP contribution in [0.4, 0.5) is 0 Å². The molecule has 1 radical (unpaired) electrons. The van der Waals surface area contributed by atoms with E-state index in [1.165, 1.54) is 19.3 Å². The second-order valence-corrected chi connectivity index (χ2v) is 3.14. The lowest BCUT2D eigenvalue weighted by molar-refractivity contribution is 0.863. The molecular formula is C13H17. The molecule has 0 aromatic carbocycles. The zero-order valence-corrected chi connectivity index (χ0v) is 8.08. The van der Waals surface area contributed by atoms with Crippen molar-refractivity contribution in [1.82, 2.24) is 0 Å². The van der Waals surface area contributed by atoms with Crippen LogP contribution in [0.25, 0.3) is 0 Å². The lowest BCUT2D eigenvalue weighted by Gasteiger charge is -1.89. The van der Waals surface area contributed by atoms with E-state index in [1.807, 2.05) is 12.2 Å². The summed E-state index contributed by atoms with van der Waals surface area (Å²) in [5, 5.41) is 0. The molecule has 1 aliphatic rings. The smallest absolute Gasteiger partial charge is 0.0187 e. The van der Waals surface area contributed by atoms with Crippen molar-refractivity contribution in [3.05, 3.63) is 48.6 Å². The van der Waals surface area contributed by atoms with Crippen LogP contribution in [-0.4, -0.2) is 0 Å². The Kier molecular flexibility index (Phi) is 5.87. The molecule has 0 N–H and O–H groups in total. The van der Waals surface area contributed by atoms with Gasteiger partial charge in [0, 0.05) is 0 Å². The van der Waals surface area contributed by atoms with Crippen LogP contribution >= 0.6 is 0 Å². The van der Waals surface area contributed by atoms with Gasteiger partial charge >= 0.3 is 0 Å². The average Bonchev–Trinajstić information content (AvgIpc) is 2.18. The standard InChI is InChI=1S/C13H17/c1-2-4-6-8-10-12-13-11-9-7-5-3-1/h1-3,7,9-10,12H,4,6,8,11,13H2. The van der Waals surface area contributed by atoms with Gasteiger partial charge in [-0.2, -0.15) is 0 Å². The van der Waals surface area contributed by atoms with Gasteiger partial charge < -0.3 is 0 Å². The van der Waals surface area contributed by atoms with E-state index in [0.717, 1.165) is 12.8 Å². The summed E-state index contributed by atoms with van der Waals surface area (Å²) in [5.74, 6) is 0. The summed E-state index contributed by atoms with van der Waals surface area (Å²) in [4.78, 5) is 0. The summed E-state index contributed by atoms with van der Waals surface area (Å²) < 4.78 is 0. The summed E-state index contributed by atoms with van der Waals surface area (Å²) in [7, 11) is 0. The van der Waals surface area contributed by atoms with Crippen LogP contribution in [0.15, 0.2) is 42.5 Å². The minimum absolute atomic E-state index is 1.13. The Morgan fingerprint density at radius 2 is 1.54 bits per heavy atom. The molecule has 0 amide bonds. The predicted octanol–water partition coefficient (Wildman–Crippen LogP) is 3.98. The minimum atomic E-state index is 1.13. The van der Waals surface area contributed by atoms with Gasteiger partial charge in [-0.1, -0.05) is 42.5 Å². The van der Waals surface area contributed by atoms with E-state index in [-0.39, 0.29) is 0 Å². The van der Waals surface area contributed by atoms with Crippen molar-refractivity contribution in [3.8, 4) is 0 Å². The van der Waals surface area contributed by atoms with E-state index < -0.39 is 0 Å². The van der Waals surface area contributed by atoms with Crippen molar-refractivity contribution in [3.63, 3.8) is 0 Å². The van der Waals surface area contributed by atoms with Gasteiger partial charge in [0.1, 0.15) is 0 Å². The highest BCUT2D eigenvalue weighted by Gasteiger charge is 1.81. The third-order valence-electron chi connectivity index (χ3n) is 1.95. The molecule has 0 fully saturated rings. The average molecular weight is 173 g/mol. The van der Waals surface area contributed by atoms with Gasteiger partial charge in [-0.15, -0.1) is 0 Å². The number of hydrogen-bond donors (Lipinski definition) is 0. The third-order valence-corrected chi connectivity index (χ3v) is 1.95. The Hall–Kier alpha value is -1.04. The lowest BCUT2D eigenvalue weighted by Crippen LogP contribution is -1.69. The highest BCUT2D eigenvalue weighted by molar-refractivity contribution is 5.06. The molecule has 0 spiro atoms. The van der Waals surface area contributed by atoms with Crippen LogP contribution in [0, 0.1) is 6.08 Å². The molecule has 0 nitrogen and oxygen atoms in total. The number of hydrogen-bond acceptors (Lipinski definition) is 0. The van der Waals surface area contributed by atoms with Crippen molar-refractivity contribution >= 4 is 0 Å². The van der Waals surface area contributed by atoms with Gasteiger partial charge in [0.2, 0.25) is 0 Å². The van der Waals surface area contributed by atoms with Crippen molar-refractivity contribution in [2.75, 3.05) is 0 Å². The Morgan fingerprint density at radius 3 is 2.54 bits per heavy atom. The largest absolute Gasteiger partial charge is 0.0885 e. The zero-order chi connectivity index (χ0) is 9.19. The summed E-state index contributed by atoms with van der Waals surface area (Å²) in [5.41, 5.74) is 0. The first-order chi connectivity index (χ1) is 6.50. The summed E-state index contributed by atoms with van der Waals surface area (Å²) in [6.45, 7) is 0. The van der Waals surface area contributed by atoms with Gasteiger partial charge in [-0.25, -0.2) is 0 Å². The van der Waals surface area contributed by atoms with Crippen molar-refractivity contribution in [2.45, 2.75) is 32.1 Å². The maximum atomic E-state index is 3.11. The van der Waals surface area contributed by atoms with E-state index in [9.17, 15) is 0 Å². The van der Waals surface area contributed by atoms with Gasteiger partial charge in [0.05, 0.1) is 0 Å². The highest BCUT2D eigenvalue weighted by atomic mass is 13.9. The summed E-state index contributed by atoms with van der Waals surface area (Å²) in [6, 6.07) is 0. The second kappa shape index (κ2) is 7.60. The second-order valence-electron chi connectivity index (χ2n) is 3.14. The Balaban J connectivity index is 2.38. The molecule has 0 aromatic rings. The molecule has 0 heteroatoms. The van der Waals surface area contributed by atoms with E-state index in [0.29, 0.717) is 0 Å². The van der Waals surface area contributed by atoms with Gasteiger partial charge in [-0.3, -0.25) is 0 Å². The molecule has 0 saturated heterocycles. The molecule has 1 rings (SSSR count). The van der Waals surface area contributed by atoms with Gasteiger partial charge in [-0.05, 0) is 38.2 Å². The fraction of sp³-hybridized carbons (Fsp3) is 0.385. The Labute approximate surface area is 81.4 Å². The molecule has 0 aliphatic heterocycles. The van der Waals surface area contributed by atoms with Crippen LogP contribution in [0.2, 0.25) is 0 Å². The molecular weight excluding hydrogens is 156 g/mol. The Morgan fingerprint density at radius 1 is 0.769 bits per heavy atom. The normalized spacial score (nSPS) is 19.1. The predicted molar refractivity (Wildman–Crippen MR) is 58.3 cm³/mol. The molecule has 0 atom stereocenters. The van der Waals surface area contributed by atoms with Crippen LogP contribution in [-0.2, 0) is 0 Å². The number of allylic oxidation sites excluding steroid dienone is 8. The van der Waals surface area contributed by atoms with Gasteiger partial charge in [0.15, 0.2) is 0 Å². The molecule has 0 bridgehead atoms. The fourth-order valence-corrected chi connectivity index (χ4v) is 1.21. The quantitative estimate of drug-likeness (QED) is 0.486. The van der Waals surface area contributed by atoms with E-state index in [4.69, 9.17) is 0 Å². The molecule has 0 heterocycles. The maximum Gasteiger partial charge on any atom is -0.0187 e. The van der Waals surface area contributed by atoms with E-state index in [2.05, 4.69) is 36.5 Å². The van der Waals surface area contributed by atoms with Crippen LogP contribution in [0.5, 0.6) is 0 Å². The summed E-state index contributed by atoms with van der Waals surface area (Å²) in [6.07, 6.45) is 24.0. The first-order valence-corrected chi connectivity index (χ1v) is 5.04. The number of rotatable bonds is 0. The minimum Gasteiger partial charge on any atom is -0.0885 e. The van der Waals surface area contributed by atoms with E-state index in [1.54, 1.807) is 0 Å². The summed E-state index contributed by atoms with van der Waals surface area (Å²) >= 11 is 0. The van der Waals surface area contributed by atoms with E-state index >= 15 is 0 Å². The van der Waals surface area contributed by atoms with Crippen LogP contribution in [0.3, 0.4) is 0 Å². The topological polar surface area (TPSA) is 0 Å². The van der Waals surface area contributed by atoms with Crippen molar-refractivity contribution in [2.24, 2.45) is 0 Å². The van der Waals surface area contributed by atoms with Crippen molar-refractivity contribution in [1.29, 1.82) is 0 Å². The maximum absolute atomic E-state index is 3.11. The third kappa shape index (κ3) is 6.15. The molecule has 0 aromatic heterocycles. The SMILES string of the molecule is [C]1=CC=CCCCC=CCCC=C1. The molecule has 1 aliphatic carbocycles. The molecule has 69 valence electrons. The highest BCUT2D eigenvalue weighted by Crippen LogP contribution is 2.01. The molecule has 13 heavy (non-hydrogen) atoms. The lowest BCUT2D eigenvalue weighted by atomic mass is 10.2. The van der Waals surface area contributed by atoms with Crippen molar-refractivity contribution < 1.29 is 0 Å². The van der Waals surface area contributed by atoms with Gasteiger partial charge in [0.25, 0.3) is 0 Å². The molecule has 0 unspecified atom stereocenters. The fourth-order valence-electron chi connectivity index (χ4n) is 1.21. The zero-order valence-electron chi connectivity index (χ0n) is 8.08.